The molecular weight excluding hydrogens is 407 g/mol. The Morgan fingerprint density at radius 1 is 1.03 bits per heavy atom. The van der Waals surface area contributed by atoms with Gasteiger partial charge in [-0.1, -0.05) is 19.1 Å². The number of halogens is 1. The highest BCUT2D eigenvalue weighted by Gasteiger charge is 2.11. The van der Waals surface area contributed by atoms with Crippen molar-refractivity contribution in [3.8, 4) is 11.1 Å². The third-order valence-electron chi connectivity index (χ3n) is 5.05. The Labute approximate surface area is 185 Å². The molecule has 32 heavy (non-hydrogen) atoms. The molecule has 1 amide bonds. The van der Waals surface area contributed by atoms with Gasteiger partial charge in [0, 0.05) is 43.8 Å². The van der Waals surface area contributed by atoms with E-state index in [1.54, 1.807) is 47.8 Å². The Balaban J connectivity index is 1.41. The number of aryl methyl sites for hydroxylation is 2. The van der Waals surface area contributed by atoms with Crippen molar-refractivity contribution in [3.63, 3.8) is 0 Å². The van der Waals surface area contributed by atoms with Crippen LogP contribution in [0.25, 0.3) is 11.1 Å². The molecule has 0 saturated heterocycles. The van der Waals surface area contributed by atoms with Gasteiger partial charge >= 0.3 is 0 Å². The summed E-state index contributed by atoms with van der Waals surface area (Å²) in [6, 6.07) is 6.66. The van der Waals surface area contributed by atoms with E-state index < -0.39 is 5.82 Å². The van der Waals surface area contributed by atoms with Crippen LogP contribution in [0.1, 0.15) is 29.4 Å². The second-order valence-electron chi connectivity index (χ2n) is 7.55. The Hall–Kier alpha value is -3.94. The molecule has 3 heterocycles. The number of aromatic nitrogens is 5. The highest BCUT2D eigenvalue weighted by Crippen LogP contribution is 2.22. The molecule has 0 spiro atoms. The van der Waals surface area contributed by atoms with Crippen LogP contribution in [0.5, 0.6) is 0 Å². The van der Waals surface area contributed by atoms with E-state index >= 15 is 0 Å². The van der Waals surface area contributed by atoms with Crippen LogP contribution in [0.3, 0.4) is 0 Å². The first-order chi connectivity index (χ1) is 15.5. The van der Waals surface area contributed by atoms with Gasteiger partial charge in [0.25, 0.3) is 0 Å². The number of carbonyl (C=O) groups excluding carboxylic acids is 1. The summed E-state index contributed by atoms with van der Waals surface area (Å²) in [6.45, 7) is 2.01. The molecule has 0 aliphatic carbocycles. The van der Waals surface area contributed by atoms with Gasteiger partial charge in [-0.2, -0.15) is 5.10 Å². The third kappa shape index (κ3) is 5.21. The molecular formula is C24H23FN6O. The lowest BCUT2D eigenvalue weighted by Gasteiger charge is -2.08. The van der Waals surface area contributed by atoms with E-state index in [0.29, 0.717) is 34.6 Å². The molecule has 0 aliphatic rings. The average molecular weight is 430 g/mol. The molecule has 1 N–H and O–H groups in total. The third-order valence-corrected chi connectivity index (χ3v) is 5.05. The average Bonchev–Trinajstić information content (AvgIpc) is 3.20. The summed E-state index contributed by atoms with van der Waals surface area (Å²) in [4.78, 5) is 25.2. The SMILES string of the molecule is CCc1cncc(NC(=O)Cc2ccc(-c3cnc(Cc4cnn(C)c4)nc3)cc2F)c1. The number of rotatable bonds is 7. The van der Waals surface area contributed by atoms with Crippen LogP contribution in [-0.2, 0) is 31.1 Å². The predicted molar refractivity (Wildman–Crippen MR) is 119 cm³/mol. The van der Waals surface area contributed by atoms with Crippen LogP contribution in [0.15, 0.2) is 61.4 Å². The molecule has 0 atom stereocenters. The fourth-order valence-electron chi connectivity index (χ4n) is 3.34. The molecule has 0 saturated carbocycles. The Morgan fingerprint density at radius 2 is 1.84 bits per heavy atom. The zero-order valence-electron chi connectivity index (χ0n) is 17.9. The minimum Gasteiger partial charge on any atom is -0.324 e. The fraction of sp³-hybridized carbons (Fsp3) is 0.208. The number of pyridine rings is 1. The van der Waals surface area contributed by atoms with E-state index in [1.165, 1.54) is 6.07 Å². The van der Waals surface area contributed by atoms with Crippen molar-refractivity contribution in [1.82, 2.24) is 24.7 Å². The van der Waals surface area contributed by atoms with E-state index in [0.717, 1.165) is 17.5 Å². The van der Waals surface area contributed by atoms with Crippen molar-refractivity contribution in [2.75, 3.05) is 5.32 Å². The summed E-state index contributed by atoms with van der Waals surface area (Å²) in [5, 5.41) is 6.91. The smallest absolute Gasteiger partial charge is 0.228 e. The minimum atomic E-state index is -0.447. The molecule has 0 radical (unpaired) electrons. The number of anilines is 1. The van der Waals surface area contributed by atoms with Gasteiger partial charge in [-0.3, -0.25) is 14.5 Å². The zero-order chi connectivity index (χ0) is 22.5. The highest BCUT2D eigenvalue weighted by atomic mass is 19.1. The number of carbonyl (C=O) groups is 1. The minimum absolute atomic E-state index is 0.0665. The number of hydrogen-bond donors (Lipinski definition) is 1. The first kappa shape index (κ1) is 21.3. The predicted octanol–water partition coefficient (Wildman–Crippen LogP) is 3.75. The van der Waals surface area contributed by atoms with Gasteiger partial charge < -0.3 is 5.32 Å². The number of nitrogens with zero attached hydrogens (tertiary/aromatic N) is 5. The monoisotopic (exact) mass is 430 g/mol. The molecule has 0 bridgehead atoms. The maximum atomic E-state index is 14.7. The molecule has 7 nitrogen and oxygen atoms in total. The van der Waals surface area contributed by atoms with Crippen LogP contribution >= 0.6 is 0 Å². The largest absolute Gasteiger partial charge is 0.324 e. The molecule has 3 aromatic heterocycles. The number of amides is 1. The molecule has 0 unspecified atom stereocenters. The second-order valence-corrected chi connectivity index (χ2v) is 7.55. The molecule has 4 rings (SSSR count). The topological polar surface area (TPSA) is 85.6 Å². The molecule has 4 aromatic rings. The van der Waals surface area contributed by atoms with Crippen molar-refractivity contribution in [1.29, 1.82) is 0 Å². The van der Waals surface area contributed by atoms with Crippen LogP contribution in [0.4, 0.5) is 10.1 Å². The fourth-order valence-corrected chi connectivity index (χ4v) is 3.34. The van der Waals surface area contributed by atoms with Crippen molar-refractivity contribution in [2.45, 2.75) is 26.2 Å². The summed E-state index contributed by atoms with van der Waals surface area (Å²) < 4.78 is 16.4. The first-order valence-corrected chi connectivity index (χ1v) is 10.3. The van der Waals surface area contributed by atoms with E-state index in [-0.39, 0.29) is 12.3 Å². The summed E-state index contributed by atoms with van der Waals surface area (Å²) in [7, 11) is 1.86. The summed E-state index contributed by atoms with van der Waals surface area (Å²) >= 11 is 0. The lowest BCUT2D eigenvalue weighted by molar-refractivity contribution is -0.115. The Bertz CT molecular complexity index is 1240. The van der Waals surface area contributed by atoms with Crippen LogP contribution in [0, 0.1) is 5.82 Å². The lowest BCUT2D eigenvalue weighted by atomic mass is 10.0. The lowest BCUT2D eigenvalue weighted by Crippen LogP contribution is -2.15. The quantitative estimate of drug-likeness (QED) is 0.483. The van der Waals surface area contributed by atoms with Crippen LogP contribution in [-0.4, -0.2) is 30.6 Å². The number of hydrogen-bond acceptors (Lipinski definition) is 5. The van der Waals surface area contributed by atoms with Crippen molar-refractivity contribution < 1.29 is 9.18 Å². The Kier molecular flexibility index (Phi) is 6.30. The van der Waals surface area contributed by atoms with E-state index in [4.69, 9.17) is 0 Å². The van der Waals surface area contributed by atoms with Crippen LogP contribution in [0.2, 0.25) is 0 Å². The number of nitrogens with one attached hydrogen (secondary N) is 1. The normalized spacial score (nSPS) is 10.8. The van der Waals surface area contributed by atoms with E-state index in [9.17, 15) is 9.18 Å². The first-order valence-electron chi connectivity index (χ1n) is 10.3. The van der Waals surface area contributed by atoms with Gasteiger partial charge in [-0.25, -0.2) is 14.4 Å². The molecule has 8 heteroatoms. The van der Waals surface area contributed by atoms with Gasteiger partial charge in [-0.05, 0) is 40.8 Å². The summed E-state index contributed by atoms with van der Waals surface area (Å²) in [6.07, 6.45) is 11.7. The van der Waals surface area contributed by atoms with Gasteiger partial charge in [0.1, 0.15) is 11.6 Å². The molecule has 162 valence electrons. The van der Waals surface area contributed by atoms with Crippen molar-refractivity contribution >= 4 is 11.6 Å². The molecule has 0 aliphatic heterocycles. The van der Waals surface area contributed by atoms with Crippen molar-refractivity contribution in [2.24, 2.45) is 7.05 Å². The zero-order valence-corrected chi connectivity index (χ0v) is 17.9. The Morgan fingerprint density at radius 3 is 2.53 bits per heavy atom. The van der Waals surface area contributed by atoms with Gasteiger partial charge in [0.15, 0.2) is 0 Å². The van der Waals surface area contributed by atoms with Gasteiger partial charge in [-0.15, -0.1) is 0 Å². The highest BCUT2D eigenvalue weighted by molar-refractivity contribution is 5.92. The van der Waals surface area contributed by atoms with E-state index in [2.05, 4.69) is 25.4 Å². The maximum Gasteiger partial charge on any atom is 0.228 e. The van der Waals surface area contributed by atoms with E-state index in [1.807, 2.05) is 26.2 Å². The van der Waals surface area contributed by atoms with Gasteiger partial charge in [0.2, 0.25) is 5.91 Å². The van der Waals surface area contributed by atoms with Crippen molar-refractivity contribution in [3.05, 3.63) is 89.8 Å². The molecule has 1 aromatic carbocycles. The summed E-state index contributed by atoms with van der Waals surface area (Å²) in [5.41, 5.74) is 4.32. The number of benzene rings is 1. The van der Waals surface area contributed by atoms with Gasteiger partial charge in [0.05, 0.1) is 24.5 Å². The second kappa shape index (κ2) is 9.47. The standard InChI is InChI=1S/C24H23FN6O/c1-3-16-6-21(14-26-10-16)30-24(32)9-19-5-4-18(8-22(19)25)20-12-27-23(28-13-20)7-17-11-29-31(2)15-17/h4-6,8,10-15H,3,7,9H2,1-2H3,(H,30,32). The maximum absolute atomic E-state index is 14.7. The molecule has 0 fully saturated rings. The summed E-state index contributed by atoms with van der Waals surface area (Å²) in [5.74, 6) is -0.0792. The van der Waals surface area contributed by atoms with Crippen LogP contribution < -0.4 is 5.32 Å².